The molecule has 0 aliphatic carbocycles. The first-order chi connectivity index (χ1) is 9.54. The topological polar surface area (TPSA) is 55.4 Å². The van der Waals surface area contributed by atoms with Gasteiger partial charge in [-0.2, -0.15) is 0 Å². The molecule has 2 aromatic rings. The third-order valence-electron chi connectivity index (χ3n) is 2.46. The summed E-state index contributed by atoms with van der Waals surface area (Å²) in [5, 5.41) is 3.28. The second-order valence-corrected chi connectivity index (χ2v) is 4.52. The van der Waals surface area contributed by atoms with Gasteiger partial charge in [-0.05, 0) is 42.5 Å². The van der Waals surface area contributed by atoms with Crippen LogP contribution in [-0.4, -0.2) is 11.9 Å². The van der Waals surface area contributed by atoms with Crippen molar-refractivity contribution in [2.24, 2.45) is 0 Å². The summed E-state index contributed by atoms with van der Waals surface area (Å²) >= 11 is 5.84. The van der Waals surface area contributed by atoms with E-state index >= 15 is 0 Å². The molecule has 1 amide bonds. The van der Waals surface area contributed by atoms with Crippen LogP contribution in [0.4, 0.5) is 5.69 Å². The van der Waals surface area contributed by atoms with Gasteiger partial charge in [-0.25, -0.2) is 0 Å². The number of carbonyl (C=O) groups excluding carboxylic acids is 2. The largest absolute Gasteiger partial charge is 0.427 e. The number of halogens is 1. The molecule has 2 aromatic carbocycles. The summed E-state index contributed by atoms with van der Waals surface area (Å²) in [7, 11) is 0. The number of hydrogen-bond donors (Lipinski definition) is 1. The SMILES string of the molecule is CC(=O)Oc1ccc(C(=O)Nc2cccc(Cl)c2)cc1. The summed E-state index contributed by atoms with van der Waals surface area (Å²) in [6, 6.07) is 13.2. The number of ether oxygens (including phenoxy) is 1. The molecule has 0 heterocycles. The first-order valence-corrected chi connectivity index (χ1v) is 6.28. The Hall–Kier alpha value is -2.33. The van der Waals surface area contributed by atoms with Gasteiger partial charge in [0.15, 0.2) is 0 Å². The molecule has 0 aliphatic rings. The van der Waals surface area contributed by atoms with Crippen molar-refractivity contribution in [3.05, 3.63) is 59.1 Å². The number of anilines is 1. The molecule has 1 N–H and O–H groups in total. The van der Waals surface area contributed by atoms with Crippen LogP contribution in [0.3, 0.4) is 0 Å². The van der Waals surface area contributed by atoms with Crippen molar-refractivity contribution in [3.8, 4) is 5.75 Å². The monoisotopic (exact) mass is 289 g/mol. The van der Waals surface area contributed by atoms with Gasteiger partial charge < -0.3 is 10.1 Å². The molecule has 0 fully saturated rings. The van der Waals surface area contributed by atoms with Crippen LogP contribution in [0.1, 0.15) is 17.3 Å². The Balaban J connectivity index is 2.07. The van der Waals surface area contributed by atoms with Crippen LogP contribution in [0.25, 0.3) is 0 Å². The summed E-state index contributed by atoms with van der Waals surface area (Å²) in [5.74, 6) is -0.264. The van der Waals surface area contributed by atoms with Gasteiger partial charge in [-0.15, -0.1) is 0 Å². The van der Waals surface area contributed by atoms with Crippen LogP contribution in [0, 0.1) is 0 Å². The predicted octanol–water partition coefficient (Wildman–Crippen LogP) is 3.52. The third-order valence-corrected chi connectivity index (χ3v) is 2.70. The predicted molar refractivity (Wildman–Crippen MR) is 77.2 cm³/mol. The molecule has 0 unspecified atom stereocenters. The molecule has 0 bridgehead atoms. The molecule has 0 aromatic heterocycles. The van der Waals surface area contributed by atoms with E-state index in [9.17, 15) is 9.59 Å². The lowest BCUT2D eigenvalue weighted by Gasteiger charge is -2.06. The van der Waals surface area contributed by atoms with E-state index in [1.54, 1.807) is 48.5 Å². The van der Waals surface area contributed by atoms with E-state index < -0.39 is 5.97 Å². The molecule has 0 aliphatic heterocycles. The fourth-order valence-corrected chi connectivity index (χ4v) is 1.80. The molecule has 2 rings (SSSR count). The first kappa shape index (κ1) is 14.1. The Morgan fingerprint density at radius 2 is 1.80 bits per heavy atom. The lowest BCUT2D eigenvalue weighted by atomic mass is 10.2. The molecular formula is C15H12ClNO3. The molecular weight excluding hydrogens is 278 g/mol. The minimum absolute atomic E-state index is 0.262. The van der Waals surface area contributed by atoms with Crippen molar-refractivity contribution in [1.29, 1.82) is 0 Å². The highest BCUT2D eigenvalue weighted by Crippen LogP contribution is 2.17. The maximum Gasteiger partial charge on any atom is 0.308 e. The summed E-state index contributed by atoms with van der Waals surface area (Å²) < 4.78 is 4.89. The van der Waals surface area contributed by atoms with E-state index in [1.165, 1.54) is 6.92 Å². The fraction of sp³-hybridized carbons (Fsp3) is 0.0667. The molecule has 0 atom stereocenters. The van der Waals surface area contributed by atoms with Gasteiger partial charge >= 0.3 is 5.97 Å². The number of nitrogens with one attached hydrogen (secondary N) is 1. The van der Waals surface area contributed by atoms with Crippen LogP contribution < -0.4 is 10.1 Å². The summed E-state index contributed by atoms with van der Waals surface area (Å²) in [6.07, 6.45) is 0. The van der Waals surface area contributed by atoms with E-state index in [4.69, 9.17) is 16.3 Å². The van der Waals surface area contributed by atoms with E-state index in [2.05, 4.69) is 5.32 Å². The number of carbonyl (C=O) groups is 2. The van der Waals surface area contributed by atoms with Crippen molar-refractivity contribution >= 4 is 29.2 Å². The minimum Gasteiger partial charge on any atom is -0.427 e. The zero-order chi connectivity index (χ0) is 14.5. The van der Waals surface area contributed by atoms with Gasteiger partial charge in [0.05, 0.1) is 0 Å². The van der Waals surface area contributed by atoms with E-state index in [0.29, 0.717) is 22.0 Å². The smallest absolute Gasteiger partial charge is 0.308 e. The van der Waals surface area contributed by atoms with Crippen molar-refractivity contribution in [1.82, 2.24) is 0 Å². The minimum atomic E-state index is -0.402. The van der Waals surface area contributed by atoms with Crippen molar-refractivity contribution < 1.29 is 14.3 Å². The summed E-state index contributed by atoms with van der Waals surface area (Å²) in [5.41, 5.74) is 1.08. The number of benzene rings is 2. The second kappa shape index (κ2) is 6.21. The molecule has 0 saturated heterocycles. The second-order valence-electron chi connectivity index (χ2n) is 4.08. The van der Waals surface area contributed by atoms with Gasteiger partial charge in [-0.3, -0.25) is 9.59 Å². The first-order valence-electron chi connectivity index (χ1n) is 5.90. The maximum absolute atomic E-state index is 12.0. The quantitative estimate of drug-likeness (QED) is 0.695. The van der Waals surface area contributed by atoms with Gasteiger partial charge in [0.25, 0.3) is 5.91 Å². The number of amides is 1. The normalized spacial score (nSPS) is 9.90. The Morgan fingerprint density at radius 3 is 2.40 bits per heavy atom. The van der Waals surface area contributed by atoms with Crippen LogP contribution in [0.2, 0.25) is 5.02 Å². The van der Waals surface area contributed by atoms with E-state index in [1.807, 2.05) is 0 Å². The summed E-state index contributed by atoms with van der Waals surface area (Å²) in [4.78, 5) is 22.8. The zero-order valence-corrected chi connectivity index (χ0v) is 11.5. The third kappa shape index (κ3) is 3.83. The van der Waals surface area contributed by atoms with Crippen molar-refractivity contribution in [2.45, 2.75) is 6.92 Å². The molecule has 0 radical (unpaired) electrons. The lowest BCUT2D eigenvalue weighted by molar-refractivity contribution is -0.131. The Morgan fingerprint density at radius 1 is 1.10 bits per heavy atom. The Bertz CT molecular complexity index is 638. The summed E-state index contributed by atoms with van der Waals surface area (Å²) in [6.45, 7) is 1.32. The molecule has 0 spiro atoms. The highest BCUT2D eigenvalue weighted by molar-refractivity contribution is 6.30. The lowest BCUT2D eigenvalue weighted by Crippen LogP contribution is -2.11. The van der Waals surface area contributed by atoms with Gasteiger partial charge in [-0.1, -0.05) is 17.7 Å². The van der Waals surface area contributed by atoms with E-state index in [-0.39, 0.29) is 5.91 Å². The molecule has 102 valence electrons. The zero-order valence-electron chi connectivity index (χ0n) is 10.7. The standard InChI is InChI=1S/C15H12ClNO3/c1-10(18)20-14-7-5-11(6-8-14)15(19)17-13-4-2-3-12(16)9-13/h2-9H,1H3,(H,17,19). The number of hydrogen-bond acceptors (Lipinski definition) is 3. The Kier molecular flexibility index (Phi) is 4.38. The van der Waals surface area contributed by atoms with Crippen LogP contribution in [0.5, 0.6) is 5.75 Å². The van der Waals surface area contributed by atoms with E-state index in [0.717, 1.165) is 0 Å². The highest BCUT2D eigenvalue weighted by Gasteiger charge is 2.07. The molecule has 20 heavy (non-hydrogen) atoms. The number of esters is 1. The maximum atomic E-state index is 12.0. The van der Waals surface area contributed by atoms with Gasteiger partial charge in [0.1, 0.15) is 5.75 Å². The Labute approximate surface area is 121 Å². The van der Waals surface area contributed by atoms with Gasteiger partial charge in [0.2, 0.25) is 0 Å². The highest BCUT2D eigenvalue weighted by atomic mass is 35.5. The average molecular weight is 290 g/mol. The van der Waals surface area contributed by atoms with Crippen molar-refractivity contribution in [3.63, 3.8) is 0 Å². The fourth-order valence-electron chi connectivity index (χ4n) is 1.61. The van der Waals surface area contributed by atoms with Gasteiger partial charge in [0, 0.05) is 23.2 Å². The van der Waals surface area contributed by atoms with Crippen LogP contribution >= 0.6 is 11.6 Å². The van der Waals surface area contributed by atoms with Crippen LogP contribution in [0.15, 0.2) is 48.5 Å². The van der Waals surface area contributed by atoms with Crippen LogP contribution in [-0.2, 0) is 4.79 Å². The average Bonchev–Trinajstić information content (AvgIpc) is 2.38. The molecule has 0 saturated carbocycles. The molecule has 5 heteroatoms. The molecule has 4 nitrogen and oxygen atoms in total. The number of rotatable bonds is 3. The van der Waals surface area contributed by atoms with Crippen molar-refractivity contribution in [2.75, 3.05) is 5.32 Å².